The van der Waals surface area contributed by atoms with E-state index in [9.17, 15) is 8.42 Å². The molecule has 0 saturated carbocycles. The Hall–Kier alpha value is -0.910. The number of hydrogen-bond acceptors (Lipinski definition) is 4. The summed E-state index contributed by atoms with van der Waals surface area (Å²) in [6, 6.07) is 5.86. The van der Waals surface area contributed by atoms with Gasteiger partial charge in [-0.1, -0.05) is 19.1 Å². The highest BCUT2D eigenvalue weighted by molar-refractivity contribution is 14.0. The zero-order valence-corrected chi connectivity index (χ0v) is 21.1. The Balaban J connectivity index is 0.00000420. The number of benzene rings is 1. The predicted molar refractivity (Wildman–Crippen MR) is 131 cm³/mol. The standard InChI is InChI=1S/C20H35N5O2S.HI/c1-5-12-25-13-8-18(9-14-25)24-20(21-4)22-10-11-23-28(26,27)19-15-16(2)6-7-17(19)3;/h6-7,15,18,23H,5,8-14H2,1-4H3,(H2,21,22,24);1H. The average Bonchev–Trinajstić information content (AvgIpc) is 2.67. The molecule has 0 atom stereocenters. The van der Waals surface area contributed by atoms with Gasteiger partial charge in [-0.15, -0.1) is 24.0 Å². The molecule has 1 saturated heterocycles. The molecular weight excluding hydrogens is 501 g/mol. The summed E-state index contributed by atoms with van der Waals surface area (Å²) in [5.41, 5.74) is 1.68. The lowest BCUT2D eigenvalue weighted by Crippen LogP contribution is -2.49. The number of nitrogens with zero attached hydrogens (tertiary/aromatic N) is 2. The lowest BCUT2D eigenvalue weighted by molar-refractivity contribution is 0.206. The molecule has 9 heteroatoms. The molecule has 0 aliphatic carbocycles. The van der Waals surface area contributed by atoms with Crippen molar-refractivity contribution in [2.24, 2.45) is 4.99 Å². The molecule has 1 heterocycles. The molecular formula is C20H36IN5O2S. The van der Waals surface area contributed by atoms with Gasteiger partial charge in [0.25, 0.3) is 0 Å². The quantitative estimate of drug-likeness (QED) is 0.205. The number of rotatable bonds is 8. The van der Waals surface area contributed by atoms with Crippen molar-refractivity contribution >= 4 is 40.0 Å². The fourth-order valence-electron chi connectivity index (χ4n) is 3.45. The maximum atomic E-state index is 12.5. The number of guanidine groups is 1. The van der Waals surface area contributed by atoms with Crippen LogP contribution >= 0.6 is 24.0 Å². The van der Waals surface area contributed by atoms with Crippen molar-refractivity contribution in [3.63, 3.8) is 0 Å². The Morgan fingerprint density at radius 2 is 1.90 bits per heavy atom. The van der Waals surface area contributed by atoms with Gasteiger partial charge < -0.3 is 15.5 Å². The van der Waals surface area contributed by atoms with E-state index in [2.05, 4.69) is 32.2 Å². The van der Waals surface area contributed by atoms with Gasteiger partial charge in [-0.05, 0) is 56.8 Å². The molecule has 2 rings (SSSR count). The van der Waals surface area contributed by atoms with Crippen molar-refractivity contribution in [2.45, 2.75) is 51.0 Å². The first-order valence-corrected chi connectivity index (χ1v) is 11.6. The van der Waals surface area contributed by atoms with Crippen molar-refractivity contribution in [2.75, 3.05) is 39.8 Å². The summed E-state index contributed by atoms with van der Waals surface area (Å²) in [7, 11) is -1.77. The molecule has 29 heavy (non-hydrogen) atoms. The molecule has 1 aliphatic rings. The highest BCUT2D eigenvalue weighted by Crippen LogP contribution is 2.16. The van der Waals surface area contributed by atoms with E-state index in [1.807, 2.05) is 26.0 Å². The van der Waals surface area contributed by atoms with Gasteiger partial charge in [-0.25, -0.2) is 13.1 Å². The van der Waals surface area contributed by atoms with Crippen LogP contribution < -0.4 is 15.4 Å². The fraction of sp³-hybridized carbons (Fsp3) is 0.650. The third kappa shape index (κ3) is 8.39. The third-order valence-electron chi connectivity index (χ3n) is 5.03. The van der Waals surface area contributed by atoms with Crippen LogP contribution in [0.3, 0.4) is 0 Å². The number of nitrogens with one attached hydrogen (secondary N) is 3. The van der Waals surface area contributed by atoms with Gasteiger partial charge in [0, 0.05) is 39.3 Å². The number of piperidine rings is 1. The fourth-order valence-corrected chi connectivity index (χ4v) is 4.81. The third-order valence-corrected chi connectivity index (χ3v) is 6.64. The van der Waals surface area contributed by atoms with Crippen LogP contribution in [0.1, 0.15) is 37.3 Å². The summed E-state index contributed by atoms with van der Waals surface area (Å²) < 4.78 is 27.7. The molecule has 0 bridgehead atoms. The van der Waals surface area contributed by atoms with E-state index < -0.39 is 10.0 Å². The van der Waals surface area contributed by atoms with Gasteiger partial charge in [0.2, 0.25) is 10.0 Å². The second kappa shape index (κ2) is 12.7. The molecule has 0 amide bonds. The molecule has 1 aromatic carbocycles. The second-order valence-electron chi connectivity index (χ2n) is 7.43. The Kier molecular flexibility index (Phi) is 11.4. The summed E-state index contributed by atoms with van der Waals surface area (Å²) in [5, 5.41) is 6.65. The minimum absolute atomic E-state index is 0. The van der Waals surface area contributed by atoms with Crippen LogP contribution in [-0.4, -0.2) is 65.1 Å². The molecule has 0 spiro atoms. The van der Waals surface area contributed by atoms with Gasteiger partial charge in [0.15, 0.2) is 5.96 Å². The van der Waals surface area contributed by atoms with Crippen LogP contribution in [0.2, 0.25) is 0 Å². The molecule has 166 valence electrons. The van der Waals surface area contributed by atoms with E-state index >= 15 is 0 Å². The monoisotopic (exact) mass is 537 g/mol. The van der Waals surface area contributed by atoms with E-state index in [0.29, 0.717) is 24.0 Å². The molecule has 1 aliphatic heterocycles. The normalized spacial score (nSPS) is 16.3. The van der Waals surface area contributed by atoms with E-state index in [4.69, 9.17) is 0 Å². The number of sulfonamides is 1. The molecule has 3 N–H and O–H groups in total. The van der Waals surface area contributed by atoms with Crippen LogP contribution in [0, 0.1) is 13.8 Å². The molecule has 0 unspecified atom stereocenters. The molecule has 0 radical (unpaired) electrons. The maximum absolute atomic E-state index is 12.5. The number of halogens is 1. The number of hydrogen-bond donors (Lipinski definition) is 3. The van der Waals surface area contributed by atoms with Crippen molar-refractivity contribution < 1.29 is 8.42 Å². The number of aryl methyl sites for hydroxylation is 2. The lowest BCUT2D eigenvalue weighted by atomic mass is 10.1. The highest BCUT2D eigenvalue weighted by Gasteiger charge is 2.19. The summed E-state index contributed by atoms with van der Waals surface area (Å²) in [4.78, 5) is 7.10. The van der Waals surface area contributed by atoms with Gasteiger partial charge >= 0.3 is 0 Å². The van der Waals surface area contributed by atoms with Crippen LogP contribution in [0.25, 0.3) is 0 Å². The van der Waals surface area contributed by atoms with Crippen molar-refractivity contribution in [1.29, 1.82) is 0 Å². The van der Waals surface area contributed by atoms with Crippen LogP contribution in [0.15, 0.2) is 28.1 Å². The van der Waals surface area contributed by atoms with Gasteiger partial charge in [0.05, 0.1) is 4.90 Å². The summed E-state index contributed by atoms with van der Waals surface area (Å²) in [6.07, 6.45) is 3.39. The summed E-state index contributed by atoms with van der Waals surface area (Å²) in [5.74, 6) is 0.722. The van der Waals surface area contributed by atoms with E-state index in [-0.39, 0.29) is 24.0 Å². The zero-order chi connectivity index (χ0) is 20.6. The van der Waals surface area contributed by atoms with Crippen LogP contribution in [0.4, 0.5) is 0 Å². The number of aliphatic imine (C=N–C) groups is 1. The van der Waals surface area contributed by atoms with Gasteiger partial charge in [-0.3, -0.25) is 4.99 Å². The zero-order valence-electron chi connectivity index (χ0n) is 18.0. The smallest absolute Gasteiger partial charge is 0.240 e. The van der Waals surface area contributed by atoms with E-state index in [1.54, 1.807) is 13.1 Å². The SMILES string of the molecule is CCCN1CCC(NC(=NC)NCCNS(=O)(=O)c2cc(C)ccc2C)CC1.I. The maximum Gasteiger partial charge on any atom is 0.240 e. The van der Waals surface area contributed by atoms with E-state index in [1.165, 1.54) is 13.0 Å². The highest BCUT2D eigenvalue weighted by atomic mass is 127. The van der Waals surface area contributed by atoms with Gasteiger partial charge in [-0.2, -0.15) is 0 Å². The van der Waals surface area contributed by atoms with Crippen LogP contribution in [-0.2, 0) is 10.0 Å². The Morgan fingerprint density at radius 3 is 2.52 bits per heavy atom. The predicted octanol–water partition coefficient (Wildman–Crippen LogP) is 2.24. The largest absolute Gasteiger partial charge is 0.355 e. The minimum Gasteiger partial charge on any atom is -0.355 e. The lowest BCUT2D eigenvalue weighted by Gasteiger charge is -2.32. The Labute approximate surface area is 193 Å². The van der Waals surface area contributed by atoms with Crippen LogP contribution in [0.5, 0.6) is 0 Å². The molecule has 0 aromatic heterocycles. The van der Waals surface area contributed by atoms with Crippen molar-refractivity contribution in [1.82, 2.24) is 20.3 Å². The Morgan fingerprint density at radius 1 is 1.21 bits per heavy atom. The molecule has 1 fully saturated rings. The first-order chi connectivity index (χ1) is 13.4. The molecule has 7 nitrogen and oxygen atoms in total. The first-order valence-electron chi connectivity index (χ1n) is 10.1. The van der Waals surface area contributed by atoms with Gasteiger partial charge in [0.1, 0.15) is 0 Å². The Bertz CT molecular complexity index is 762. The second-order valence-corrected chi connectivity index (χ2v) is 9.16. The minimum atomic E-state index is -3.51. The molecule has 1 aromatic rings. The topological polar surface area (TPSA) is 85.8 Å². The summed E-state index contributed by atoms with van der Waals surface area (Å²) >= 11 is 0. The number of likely N-dealkylation sites (tertiary alicyclic amines) is 1. The van der Waals surface area contributed by atoms with Crippen molar-refractivity contribution in [3.8, 4) is 0 Å². The van der Waals surface area contributed by atoms with E-state index in [0.717, 1.165) is 43.0 Å². The first kappa shape index (κ1) is 26.1. The average molecular weight is 538 g/mol. The van der Waals surface area contributed by atoms with Crippen molar-refractivity contribution in [3.05, 3.63) is 29.3 Å². The summed E-state index contributed by atoms with van der Waals surface area (Å²) in [6.45, 7) is 10.1.